The van der Waals surface area contributed by atoms with Gasteiger partial charge in [-0.15, -0.1) is 0 Å². The fourth-order valence-electron chi connectivity index (χ4n) is 2.00. The fraction of sp³-hybridized carbons (Fsp3) is 0.308. The summed E-state index contributed by atoms with van der Waals surface area (Å²) in [5.41, 5.74) is 2.16. The number of hydrogen-bond acceptors (Lipinski definition) is 1. The fourth-order valence-corrected chi connectivity index (χ4v) is 2.14. The molecule has 0 amide bonds. The number of benzene rings is 1. The molecule has 1 aromatic heterocycles. The maximum Gasteiger partial charge on any atom is 0.226 e. The molecule has 0 bridgehead atoms. The van der Waals surface area contributed by atoms with Crippen molar-refractivity contribution in [3.8, 4) is 0 Å². The zero-order valence-corrected chi connectivity index (χ0v) is 10.2. The lowest BCUT2D eigenvalue weighted by molar-refractivity contribution is -0.111. The van der Waals surface area contributed by atoms with Gasteiger partial charge in [0.05, 0.1) is 0 Å². The maximum absolute atomic E-state index is 11.0. The molecule has 2 rings (SSSR count). The third kappa shape index (κ3) is 1.98. The van der Waals surface area contributed by atoms with Crippen LogP contribution in [0, 0.1) is 0 Å². The average molecular weight is 236 g/mol. The van der Waals surface area contributed by atoms with Crippen molar-refractivity contribution in [3.63, 3.8) is 0 Å². The van der Waals surface area contributed by atoms with Crippen molar-refractivity contribution in [1.29, 1.82) is 0 Å². The van der Waals surface area contributed by atoms with Gasteiger partial charge in [-0.2, -0.15) is 0 Å². The Morgan fingerprint density at radius 2 is 2.06 bits per heavy atom. The predicted octanol–water partition coefficient (Wildman–Crippen LogP) is 3.53. The molecule has 0 spiro atoms. The minimum absolute atomic E-state index is 0.293. The number of carbonyl (C=O) groups is 1. The SMILES string of the molecule is CC(C)n1cc(CC(=O)Cl)c2ccccc21. The molecule has 1 aromatic carbocycles. The number of fused-ring (bicyclic) bond motifs is 1. The number of halogens is 1. The first kappa shape index (κ1) is 11.2. The molecular weight excluding hydrogens is 222 g/mol. The molecule has 0 aliphatic heterocycles. The zero-order valence-electron chi connectivity index (χ0n) is 9.40. The Bertz CT molecular complexity index is 528. The van der Waals surface area contributed by atoms with Crippen LogP contribution in [0.2, 0.25) is 0 Å². The minimum atomic E-state index is -0.313. The predicted molar refractivity (Wildman–Crippen MR) is 66.9 cm³/mol. The van der Waals surface area contributed by atoms with E-state index in [0.29, 0.717) is 12.5 Å². The van der Waals surface area contributed by atoms with Crippen LogP contribution in [0.3, 0.4) is 0 Å². The third-order valence-electron chi connectivity index (χ3n) is 2.71. The molecule has 0 aliphatic rings. The summed E-state index contributed by atoms with van der Waals surface area (Å²) in [4.78, 5) is 11.0. The standard InChI is InChI=1S/C13H14ClNO/c1-9(2)15-8-10(7-13(14)16)11-5-3-4-6-12(11)15/h3-6,8-9H,7H2,1-2H3. The van der Waals surface area contributed by atoms with Gasteiger partial charge in [-0.25, -0.2) is 0 Å². The minimum Gasteiger partial charge on any atom is -0.345 e. The second kappa shape index (κ2) is 4.30. The summed E-state index contributed by atoms with van der Waals surface area (Å²) >= 11 is 5.45. The molecular formula is C13H14ClNO. The number of rotatable bonds is 3. The Kier molecular flexibility index (Phi) is 3.01. The summed E-state index contributed by atoms with van der Waals surface area (Å²) in [6, 6.07) is 8.47. The highest BCUT2D eigenvalue weighted by atomic mass is 35.5. The van der Waals surface area contributed by atoms with Gasteiger partial charge in [-0.1, -0.05) is 18.2 Å². The van der Waals surface area contributed by atoms with Crippen LogP contribution >= 0.6 is 11.6 Å². The normalized spacial score (nSPS) is 11.2. The Morgan fingerprint density at radius 1 is 1.38 bits per heavy atom. The maximum atomic E-state index is 11.0. The highest BCUT2D eigenvalue weighted by molar-refractivity contribution is 6.63. The van der Waals surface area contributed by atoms with E-state index in [2.05, 4.69) is 24.5 Å². The van der Waals surface area contributed by atoms with Gasteiger partial charge >= 0.3 is 0 Å². The molecule has 16 heavy (non-hydrogen) atoms. The summed E-state index contributed by atoms with van der Waals surface area (Å²) in [6.45, 7) is 4.25. The van der Waals surface area contributed by atoms with Crippen LogP contribution < -0.4 is 0 Å². The van der Waals surface area contributed by atoms with E-state index in [1.165, 1.54) is 0 Å². The summed E-state index contributed by atoms with van der Waals surface area (Å²) in [7, 11) is 0. The number of hydrogen-bond donors (Lipinski definition) is 0. The summed E-state index contributed by atoms with van der Waals surface area (Å²) in [5, 5.41) is 0.803. The van der Waals surface area contributed by atoms with Crippen molar-refractivity contribution in [3.05, 3.63) is 36.0 Å². The van der Waals surface area contributed by atoms with E-state index in [1.54, 1.807) is 0 Å². The van der Waals surface area contributed by atoms with E-state index in [4.69, 9.17) is 11.6 Å². The van der Waals surface area contributed by atoms with E-state index >= 15 is 0 Å². The lowest BCUT2D eigenvalue weighted by Gasteiger charge is -2.08. The molecule has 0 unspecified atom stereocenters. The van der Waals surface area contributed by atoms with Crippen LogP contribution in [0.4, 0.5) is 0 Å². The first-order chi connectivity index (χ1) is 7.59. The van der Waals surface area contributed by atoms with Crippen molar-refractivity contribution in [1.82, 2.24) is 4.57 Å². The van der Waals surface area contributed by atoms with Crippen molar-refractivity contribution < 1.29 is 4.79 Å². The van der Waals surface area contributed by atoms with Crippen molar-refractivity contribution in [2.75, 3.05) is 0 Å². The summed E-state index contributed by atoms with van der Waals surface area (Å²) < 4.78 is 2.17. The Labute approximate surface area is 99.8 Å². The van der Waals surface area contributed by atoms with E-state index < -0.39 is 0 Å². The monoisotopic (exact) mass is 235 g/mol. The molecule has 1 heterocycles. The second-order valence-electron chi connectivity index (χ2n) is 4.20. The van der Waals surface area contributed by atoms with Gasteiger partial charge in [-0.3, -0.25) is 4.79 Å². The molecule has 0 N–H and O–H groups in total. The van der Waals surface area contributed by atoms with Crippen LogP contribution in [0.5, 0.6) is 0 Å². The van der Waals surface area contributed by atoms with Crippen LogP contribution in [0.15, 0.2) is 30.5 Å². The van der Waals surface area contributed by atoms with Crippen LogP contribution in [0.25, 0.3) is 10.9 Å². The second-order valence-corrected chi connectivity index (χ2v) is 4.63. The molecule has 0 saturated heterocycles. The van der Waals surface area contributed by atoms with Crippen molar-refractivity contribution >= 4 is 27.7 Å². The topological polar surface area (TPSA) is 22.0 Å². The number of para-hydroxylation sites is 1. The van der Waals surface area contributed by atoms with Gasteiger partial charge in [0.15, 0.2) is 0 Å². The molecule has 0 saturated carbocycles. The van der Waals surface area contributed by atoms with Crippen LogP contribution in [-0.4, -0.2) is 9.81 Å². The smallest absolute Gasteiger partial charge is 0.226 e. The first-order valence-electron chi connectivity index (χ1n) is 5.36. The van der Waals surface area contributed by atoms with Crippen LogP contribution in [-0.2, 0) is 11.2 Å². The van der Waals surface area contributed by atoms with Gasteiger partial charge < -0.3 is 4.57 Å². The van der Waals surface area contributed by atoms with Crippen LogP contribution in [0.1, 0.15) is 25.5 Å². The number of nitrogens with zero attached hydrogens (tertiary/aromatic N) is 1. The quantitative estimate of drug-likeness (QED) is 0.746. The Balaban J connectivity index is 2.62. The molecule has 2 aromatic rings. The number of carbonyl (C=O) groups excluding carboxylic acids is 1. The van der Waals surface area contributed by atoms with Crippen molar-refractivity contribution in [2.45, 2.75) is 26.3 Å². The van der Waals surface area contributed by atoms with Gasteiger partial charge in [-0.05, 0) is 37.1 Å². The van der Waals surface area contributed by atoms with E-state index in [-0.39, 0.29) is 5.24 Å². The molecule has 0 radical (unpaired) electrons. The molecule has 3 heteroatoms. The first-order valence-corrected chi connectivity index (χ1v) is 5.74. The third-order valence-corrected chi connectivity index (χ3v) is 2.84. The molecule has 2 nitrogen and oxygen atoms in total. The number of aromatic nitrogens is 1. The summed E-state index contributed by atoms with van der Waals surface area (Å²) in [6.07, 6.45) is 2.32. The lowest BCUT2D eigenvalue weighted by atomic mass is 10.1. The summed E-state index contributed by atoms with van der Waals surface area (Å²) in [5.74, 6) is 0. The highest BCUT2D eigenvalue weighted by Gasteiger charge is 2.11. The lowest BCUT2D eigenvalue weighted by Crippen LogP contribution is -1.98. The molecule has 84 valence electrons. The highest BCUT2D eigenvalue weighted by Crippen LogP contribution is 2.25. The molecule has 0 fully saturated rings. The van der Waals surface area contributed by atoms with E-state index in [0.717, 1.165) is 16.5 Å². The van der Waals surface area contributed by atoms with Gasteiger partial charge in [0.25, 0.3) is 0 Å². The zero-order chi connectivity index (χ0) is 11.7. The molecule has 0 atom stereocenters. The average Bonchev–Trinajstić information content (AvgIpc) is 2.57. The van der Waals surface area contributed by atoms with Gasteiger partial charge in [0, 0.05) is 29.6 Å². The van der Waals surface area contributed by atoms with Gasteiger partial charge in [0.2, 0.25) is 5.24 Å². The Hall–Kier alpha value is -1.28. The largest absolute Gasteiger partial charge is 0.345 e. The van der Waals surface area contributed by atoms with E-state index in [1.807, 2.05) is 24.4 Å². The van der Waals surface area contributed by atoms with Gasteiger partial charge in [0.1, 0.15) is 0 Å². The Morgan fingerprint density at radius 3 is 2.69 bits per heavy atom. The van der Waals surface area contributed by atoms with E-state index in [9.17, 15) is 4.79 Å². The molecule has 0 aliphatic carbocycles. The van der Waals surface area contributed by atoms with Crippen molar-refractivity contribution in [2.24, 2.45) is 0 Å².